The van der Waals surface area contributed by atoms with Crippen molar-refractivity contribution in [1.29, 1.82) is 0 Å². The highest BCUT2D eigenvalue weighted by molar-refractivity contribution is 7.98. The Morgan fingerprint density at radius 1 is 1.20 bits per heavy atom. The van der Waals surface area contributed by atoms with Crippen LogP contribution in [-0.2, 0) is 12.3 Å². The fourth-order valence-corrected chi connectivity index (χ4v) is 4.33. The molecule has 0 saturated carbocycles. The van der Waals surface area contributed by atoms with Crippen LogP contribution in [0.1, 0.15) is 31.7 Å². The standard InChI is InChI=1S/C18H18F2N2OS2/c1-2-3-4-6-22-17(23)16-15(5-7-24-16)21-18(22)25-11-12-8-13(19)10-14(20)9-12/h5,7-10H,2-4,6,11H2,1H3. The topological polar surface area (TPSA) is 34.9 Å². The molecule has 0 aliphatic rings. The number of hydrogen-bond acceptors (Lipinski definition) is 4. The molecule has 0 amide bonds. The first-order valence-corrected chi connectivity index (χ1v) is 10.0. The van der Waals surface area contributed by atoms with E-state index in [1.807, 2.05) is 11.4 Å². The van der Waals surface area contributed by atoms with E-state index in [4.69, 9.17) is 0 Å². The van der Waals surface area contributed by atoms with Crippen LogP contribution in [0.4, 0.5) is 8.78 Å². The average Bonchev–Trinajstić information content (AvgIpc) is 3.03. The van der Waals surface area contributed by atoms with Crippen molar-refractivity contribution >= 4 is 33.3 Å². The second kappa shape index (κ2) is 8.10. The van der Waals surface area contributed by atoms with Crippen LogP contribution in [0.15, 0.2) is 39.6 Å². The van der Waals surface area contributed by atoms with Gasteiger partial charge in [0, 0.05) is 18.4 Å². The molecule has 0 fully saturated rings. The Morgan fingerprint density at radius 2 is 1.96 bits per heavy atom. The number of benzene rings is 1. The van der Waals surface area contributed by atoms with Crippen LogP contribution in [0, 0.1) is 11.6 Å². The zero-order valence-electron chi connectivity index (χ0n) is 13.8. The number of thioether (sulfide) groups is 1. The molecule has 0 unspecified atom stereocenters. The van der Waals surface area contributed by atoms with Crippen molar-refractivity contribution in [2.75, 3.05) is 0 Å². The smallest absolute Gasteiger partial charge is 0.272 e. The first kappa shape index (κ1) is 18.1. The highest BCUT2D eigenvalue weighted by Crippen LogP contribution is 2.25. The SMILES string of the molecule is CCCCCn1c(SCc2cc(F)cc(F)c2)nc2ccsc2c1=O. The molecule has 3 rings (SSSR count). The second-order valence-electron chi connectivity index (χ2n) is 5.76. The van der Waals surface area contributed by atoms with Gasteiger partial charge in [0.2, 0.25) is 0 Å². The van der Waals surface area contributed by atoms with Crippen LogP contribution in [0.5, 0.6) is 0 Å². The second-order valence-corrected chi connectivity index (χ2v) is 7.62. The van der Waals surface area contributed by atoms with E-state index >= 15 is 0 Å². The van der Waals surface area contributed by atoms with Gasteiger partial charge in [-0.25, -0.2) is 13.8 Å². The maximum absolute atomic E-state index is 13.4. The Balaban J connectivity index is 1.90. The molecule has 3 aromatic rings. The normalized spacial score (nSPS) is 11.3. The van der Waals surface area contributed by atoms with Crippen LogP contribution in [0.25, 0.3) is 10.2 Å². The largest absolute Gasteiger partial charge is 0.286 e. The maximum Gasteiger partial charge on any atom is 0.272 e. The van der Waals surface area contributed by atoms with Gasteiger partial charge in [0.1, 0.15) is 16.3 Å². The molecule has 1 aromatic carbocycles. The van der Waals surface area contributed by atoms with Crippen LogP contribution < -0.4 is 5.56 Å². The summed E-state index contributed by atoms with van der Waals surface area (Å²) in [6.07, 6.45) is 3.00. The van der Waals surface area contributed by atoms with Gasteiger partial charge in [0.05, 0.1) is 5.52 Å². The first-order chi connectivity index (χ1) is 12.1. The monoisotopic (exact) mass is 380 g/mol. The van der Waals surface area contributed by atoms with Crippen molar-refractivity contribution in [3.05, 3.63) is 57.2 Å². The number of nitrogens with zero attached hydrogens (tertiary/aromatic N) is 2. The number of rotatable bonds is 7. The van der Waals surface area contributed by atoms with Crippen molar-refractivity contribution in [2.45, 2.75) is 43.6 Å². The summed E-state index contributed by atoms with van der Waals surface area (Å²) >= 11 is 2.72. The Labute approximate surface area is 152 Å². The molecular weight excluding hydrogens is 362 g/mol. The lowest BCUT2D eigenvalue weighted by molar-refractivity contribution is 0.542. The predicted octanol–water partition coefficient (Wildman–Crippen LogP) is 5.22. The molecule has 2 heterocycles. The van der Waals surface area contributed by atoms with Gasteiger partial charge in [-0.05, 0) is 35.6 Å². The molecule has 25 heavy (non-hydrogen) atoms. The average molecular weight is 380 g/mol. The molecule has 0 bridgehead atoms. The van der Waals surface area contributed by atoms with E-state index in [2.05, 4.69) is 11.9 Å². The molecule has 7 heteroatoms. The summed E-state index contributed by atoms with van der Waals surface area (Å²) < 4.78 is 29.0. The molecule has 0 N–H and O–H groups in total. The summed E-state index contributed by atoms with van der Waals surface area (Å²) in [5, 5.41) is 2.45. The fourth-order valence-electron chi connectivity index (χ4n) is 2.59. The van der Waals surface area contributed by atoms with E-state index in [1.54, 1.807) is 4.57 Å². The number of halogens is 2. The molecule has 0 atom stereocenters. The number of fused-ring (bicyclic) bond motifs is 1. The van der Waals surface area contributed by atoms with Gasteiger partial charge in [-0.2, -0.15) is 0 Å². The van der Waals surface area contributed by atoms with Crippen molar-refractivity contribution in [1.82, 2.24) is 9.55 Å². The summed E-state index contributed by atoms with van der Waals surface area (Å²) in [6.45, 7) is 2.71. The van der Waals surface area contributed by atoms with E-state index in [0.717, 1.165) is 25.3 Å². The third kappa shape index (κ3) is 4.27. The van der Waals surface area contributed by atoms with E-state index in [9.17, 15) is 13.6 Å². The minimum atomic E-state index is -0.600. The lowest BCUT2D eigenvalue weighted by Gasteiger charge is -2.12. The maximum atomic E-state index is 13.4. The number of unbranched alkanes of at least 4 members (excludes halogenated alkanes) is 2. The molecule has 0 saturated heterocycles. The fraction of sp³-hybridized carbons (Fsp3) is 0.333. The summed E-state index contributed by atoms with van der Waals surface area (Å²) in [4.78, 5) is 17.3. The molecule has 0 radical (unpaired) electrons. The minimum absolute atomic E-state index is 0.0379. The van der Waals surface area contributed by atoms with E-state index in [0.29, 0.717) is 33.2 Å². The summed E-state index contributed by atoms with van der Waals surface area (Å²) in [5.41, 5.74) is 1.17. The highest BCUT2D eigenvalue weighted by atomic mass is 32.2. The van der Waals surface area contributed by atoms with Gasteiger partial charge < -0.3 is 0 Å². The molecule has 3 nitrogen and oxygen atoms in total. The van der Waals surface area contributed by atoms with E-state index in [-0.39, 0.29) is 5.56 Å². The number of thiophene rings is 1. The van der Waals surface area contributed by atoms with Crippen molar-refractivity contribution < 1.29 is 8.78 Å². The lowest BCUT2D eigenvalue weighted by Crippen LogP contribution is -2.22. The van der Waals surface area contributed by atoms with Crippen molar-refractivity contribution in [3.63, 3.8) is 0 Å². The van der Waals surface area contributed by atoms with Crippen molar-refractivity contribution in [3.8, 4) is 0 Å². The van der Waals surface area contributed by atoms with E-state index < -0.39 is 11.6 Å². The van der Waals surface area contributed by atoms with Crippen molar-refractivity contribution in [2.24, 2.45) is 0 Å². The highest BCUT2D eigenvalue weighted by Gasteiger charge is 2.13. The molecule has 132 valence electrons. The number of aromatic nitrogens is 2. The van der Waals surface area contributed by atoms with Crippen LogP contribution in [0.2, 0.25) is 0 Å². The van der Waals surface area contributed by atoms with Crippen LogP contribution in [-0.4, -0.2) is 9.55 Å². The van der Waals surface area contributed by atoms with Crippen LogP contribution in [0.3, 0.4) is 0 Å². The summed E-state index contributed by atoms with van der Waals surface area (Å²) in [5.74, 6) is -0.848. The molecular formula is C18H18F2N2OS2. The van der Waals surface area contributed by atoms with Crippen LogP contribution >= 0.6 is 23.1 Å². The van der Waals surface area contributed by atoms with Gasteiger partial charge in [-0.1, -0.05) is 31.5 Å². The Hall–Kier alpha value is -1.73. The van der Waals surface area contributed by atoms with Gasteiger partial charge in [0.25, 0.3) is 5.56 Å². The van der Waals surface area contributed by atoms with Gasteiger partial charge in [-0.15, -0.1) is 11.3 Å². The van der Waals surface area contributed by atoms with Gasteiger partial charge in [-0.3, -0.25) is 9.36 Å². The third-order valence-electron chi connectivity index (χ3n) is 3.81. The van der Waals surface area contributed by atoms with Gasteiger partial charge >= 0.3 is 0 Å². The lowest BCUT2D eigenvalue weighted by atomic mass is 10.2. The van der Waals surface area contributed by atoms with E-state index in [1.165, 1.54) is 35.2 Å². The molecule has 0 spiro atoms. The molecule has 2 aromatic heterocycles. The zero-order valence-corrected chi connectivity index (χ0v) is 15.4. The quantitative estimate of drug-likeness (QED) is 0.320. The molecule has 0 aliphatic heterocycles. The summed E-state index contributed by atoms with van der Waals surface area (Å²) in [6, 6.07) is 5.28. The Kier molecular flexibility index (Phi) is 5.86. The Morgan fingerprint density at radius 3 is 2.68 bits per heavy atom. The zero-order chi connectivity index (χ0) is 17.8. The molecule has 0 aliphatic carbocycles. The predicted molar refractivity (Wildman–Crippen MR) is 99.3 cm³/mol. The summed E-state index contributed by atoms with van der Waals surface area (Å²) in [7, 11) is 0. The minimum Gasteiger partial charge on any atom is -0.286 e. The first-order valence-electron chi connectivity index (χ1n) is 8.14. The Bertz CT molecular complexity index is 916. The third-order valence-corrected chi connectivity index (χ3v) is 5.75. The number of hydrogen-bond donors (Lipinski definition) is 0. The van der Waals surface area contributed by atoms with Gasteiger partial charge in [0.15, 0.2) is 5.16 Å².